The molecule has 1 heterocycles. The van der Waals surface area contributed by atoms with Crippen molar-refractivity contribution >= 4 is 25.4 Å². The number of rotatable bonds is 8. The third kappa shape index (κ3) is 4.41. The third-order valence-corrected chi connectivity index (χ3v) is 8.92. The van der Waals surface area contributed by atoms with Crippen LogP contribution >= 0.6 is 11.6 Å². The van der Waals surface area contributed by atoms with Crippen LogP contribution in [0.5, 0.6) is 5.88 Å². The molecule has 3 fully saturated rings. The number of ether oxygens (including phenoxy) is 2. The molecule has 6 nitrogen and oxygen atoms in total. The molecule has 0 saturated heterocycles. The fourth-order valence-corrected chi connectivity index (χ4v) is 5.64. The highest BCUT2D eigenvalue weighted by Gasteiger charge is 2.56. The van der Waals surface area contributed by atoms with Crippen molar-refractivity contribution in [1.29, 1.82) is 0 Å². The molecule has 2 bridgehead atoms. The molecule has 0 amide bonds. The van der Waals surface area contributed by atoms with Crippen LogP contribution in [0.3, 0.4) is 0 Å². The second-order valence-corrected chi connectivity index (χ2v) is 16.2. The van der Waals surface area contributed by atoms with E-state index >= 15 is 0 Å². The van der Waals surface area contributed by atoms with Gasteiger partial charge in [0, 0.05) is 20.7 Å². The van der Waals surface area contributed by atoms with Gasteiger partial charge in [-0.15, -0.1) is 5.10 Å². The minimum atomic E-state index is -1.14. The smallest absolute Gasteiger partial charge is 0.285 e. The van der Waals surface area contributed by atoms with Crippen LogP contribution in [0.1, 0.15) is 33.6 Å². The summed E-state index contributed by atoms with van der Waals surface area (Å²) in [5.74, 6) is 2.18. The van der Waals surface area contributed by atoms with E-state index in [9.17, 15) is 4.79 Å². The fraction of sp³-hybridized carbons (Fsp3) is 0.800. The average Bonchev–Trinajstić information content (AvgIpc) is 2.60. The van der Waals surface area contributed by atoms with E-state index in [-0.39, 0.29) is 17.9 Å². The molecule has 0 aromatic carbocycles. The minimum absolute atomic E-state index is 0.0903. The van der Waals surface area contributed by atoms with Gasteiger partial charge in [0.15, 0.2) is 6.79 Å². The molecular formula is C20H34ClN3O3Si. The molecule has 28 heavy (non-hydrogen) atoms. The summed E-state index contributed by atoms with van der Waals surface area (Å²) in [6, 6.07) is 1.33. The van der Waals surface area contributed by atoms with Gasteiger partial charge in [0.25, 0.3) is 11.4 Å². The number of halogens is 1. The summed E-state index contributed by atoms with van der Waals surface area (Å²) >= 11 is 6.31. The van der Waals surface area contributed by atoms with Gasteiger partial charge in [-0.1, -0.05) is 52.0 Å². The lowest BCUT2D eigenvalue weighted by molar-refractivity contribution is -0.105. The normalized spacial score (nSPS) is 28.5. The number of hydrogen-bond donors (Lipinski definition) is 2. The van der Waals surface area contributed by atoms with Crippen LogP contribution in [0.25, 0.3) is 0 Å². The van der Waals surface area contributed by atoms with Gasteiger partial charge in [0.1, 0.15) is 10.7 Å². The molecule has 0 radical (unpaired) electrons. The van der Waals surface area contributed by atoms with Gasteiger partial charge in [-0.3, -0.25) is 4.79 Å². The molecule has 1 aromatic rings. The predicted octanol–water partition coefficient (Wildman–Crippen LogP) is 4.60. The average molecular weight is 428 g/mol. The van der Waals surface area contributed by atoms with E-state index in [2.05, 4.69) is 55.9 Å². The van der Waals surface area contributed by atoms with Crippen molar-refractivity contribution in [2.75, 3.05) is 18.7 Å². The lowest BCUT2D eigenvalue weighted by Crippen LogP contribution is -2.58. The van der Waals surface area contributed by atoms with Crippen molar-refractivity contribution in [2.45, 2.75) is 65.3 Å². The first kappa shape index (κ1) is 21.7. The molecule has 8 heteroatoms. The summed E-state index contributed by atoms with van der Waals surface area (Å²) in [6.45, 7) is 14.7. The second-order valence-electron chi connectivity index (χ2n) is 10.2. The van der Waals surface area contributed by atoms with Gasteiger partial charge >= 0.3 is 0 Å². The van der Waals surface area contributed by atoms with E-state index in [0.717, 1.165) is 12.5 Å². The second kappa shape index (κ2) is 7.99. The Morgan fingerprint density at radius 2 is 2.04 bits per heavy atom. The highest BCUT2D eigenvalue weighted by atomic mass is 35.5. The number of aromatic nitrogens is 2. The molecular weight excluding hydrogens is 394 g/mol. The summed E-state index contributed by atoms with van der Waals surface area (Å²) in [6.07, 6.45) is 2.36. The zero-order valence-electron chi connectivity index (χ0n) is 17.9. The highest BCUT2D eigenvalue weighted by Crippen LogP contribution is 2.61. The van der Waals surface area contributed by atoms with E-state index < -0.39 is 13.6 Å². The number of H-pyrrole nitrogens is 1. The Labute approximate surface area is 173 Å². The Balaban J connectivity index is 1.65. The predicted molar refractivity (Wildman–Crippen MR) is 116 cm³/mol. The molecule has 4 rings (SSSR count). The van der Waals surface area contributed by atoms with Crippen molar-refractivity contribution in [3.8, 4) is 5.88 Å². The maximum Gasteiger partial charge on any atom is 0.285 e. The molecule has 0 unspecified atom stereocenters. The third-order valence-electron chi connectivity index (χ3n) is 6.85. The molecule has 3 aliphatic rings. The zero-order valence-corrected chi connectivity index (χ0v) is 19.7. The lowest BCUT2D eigenvalue weighted by atomic mass is 9.45. The summed E-state index contributed by atoms with van der Waals surface area (Å²) < 4.78 is 11.3. The molecule has 158 valence electrons. The van der Waals surface area contributed by atoms with Crippen LogP contribution in [-0.4, -0.2) is 37.7 Å². The lowest BCUT2D eigenvalue weighted by Gasteiger charge is -2.62. The van der Waals surface area contributed by atoms with Crippen LogP contribution < -0.4 is 15.6 Å². The quantitative estimate of drug-likeness (QED) is 0.360. The standard InChI is InChI=1S/C20H34ClN3O3Si/c1-12-14-9-13(20(14,2)3)10-15(12)22-17-16(21)18(25)23-24-19(17)27-11-26-7-8-28(4,5)6/h12-15H,7-11H2,1-6H3,(H2,22,23,25)/t12-,13+,14-,15-/m1/s1. The molecule has 1 aromatic heterocycles. The van der Waals surface area contributed by atoms with E-state index in [1.807, 2.05) is 0 Å². The minimum Gasteiger partial charge on any atom is -0.448 e. The summed E-state index contributed by atoms with van der Waals surface area (Å²) in [5, 5.41) is 10.0. The Morgan fingerprint density at radius 3 is 2.64 bits per heavy atom. The maximum absolute atomic E-state index is 12.0. The van der Waals surface area contributed by atoms with Crippen molar-refractivity contribution in [1.82, 2.24) is 10.2 Å². The number of fused-ring (bicyclic) bond motifs is 2. The van der Waals surface area contributed by atoms with Gasteiger partial charge in [-0.25, -0.2) is 5.10 Å². The van der Waals surface area contributed by atoms with Crippen LogP contribution in [0.4, 0.5) is 5.69 Å². The van der Waals surface area contributed by atoms with Crippen LogP contribution in [0.2, 0.25) is 30.7 Å². The first-order valence-electron chi connectivity index (χ1n) is 10.3. The zero-order chi connectivity index (χ0) is 20.7. The van der Waals surface area contributed by atoms with Crippen molar-refractivity contribution in [3.63, 3.8) is 0 Å². The van der Waals surface area contributed by atoms with Crippen LogP contribution in [-0.2, 0) is 4.74 Å². The van der Waals surface area contributed by atoms with Crippen molar-refractivity contribution < 1.29 is 9.47 Å². The van der Waals surface area contributed by atoms with Gasteiger partial charge in [-0.2, -0.15) is 0 Å². The summed E-state index contributed by atoms with van der Waals surface area (Å²) in [5.41, 5.74) is 0.470. The van der Waals surface area contributed by atoms with Crippen molar-refractivity contribution in [3.05, 3.63) is 15.4 Å². The molecule has 3 aliphatic carbocycles. The Morgan fingerprint density at radius 1 is 1.32 bits per heavy atom. The fourth-order valence-electron chi connectivity index (χ4n) is 4.70. The highest BCUT2D eigenvalue weighted by molar-refractivity contribution is 6.76. The van der Waals surface area contributed by atoms with Crippen LogP contribution in [0, 0.1) is 23.2 Å². The molecule has 0 spiro atoms. The maximum atomic E-state index is 12.0. The SMILES string of the molecule is C[C@@H]1[C@H]2C[C@@H](C[C@H]1Nc1c(OCOCC[Si](C)(C)C)n[nH]c(=O)c1Cl)C2(C)C. The summed E-state index contributed by atoms with van der Waals surface area (Å²) in [4.78, 5) is 12.0. The molecule has 4 atom stereocenters. The summed E-state index contributed by atoms with van der Waals surface area (Å²) in [7, 11) is -1.14. The monoisotopic (exact) mass is 427 g/mol. The number of nitrogens with zero attached hydrogens (tertiary/aromatic N) is 1. The molecule has 3 saturated carbocycles. The van der Waals surface area contributed by atoms with Gasteiger partial charge in [0.2, 0.25) is 0 Å². The van der Waals surface area contributed by atoms with E-state index in [0.29, 0.717) is 41.3 Å². The number of aromatic amines is 1. The van der Waals surface area contributed by atoms with Gasteiger partial charge in [-0.05, 0) is 42.1 Å². The van der Waals surface area contributed by atoms with Crippen molar-refractivity contribution in [2.24, 2.45) is 23.2 Å². The first-order chi connectivity index (χ1) is 13.0. The van der Waals surface area contributed by atoms with E-state index in [1.165, 1.54) is 6.42 Å². The van der Waals surface area contributed by atoms with Gasteiger partial charge < -0.3 is 14.8 Å². The van der Waals surface area contributed by atoms with Crippen LogP contribution in [0.15, 0.2) is 4.79 Å². The number of hydrogen-bond acceptors (Lipinski definition) is 5. The van der Waals surface area contributed by atoms with E-state index in [1.54, 1.807) is 0 Å². The first-order valence-corrected chi connectivity index (χ1v) is 14.3. The Bertz CT molecular complexity index is 762. The molecule has 2 N–H and O–H groups in total. The number of nitrogens with one attached hydrogen (secondary N) is 2. The Hall–Kier alpha value is -1.05. The topological polar surface area (TPSA) is 76.2 Å². The largest absolute Gasteiger partial charge is 0.448 e. The molecule has 0 aliphatic heterocycles. The van der Waals surface area contributed by atoms with E-state index in [4.69, 9.17) is 21.1 Å². The number of anilines is 1. The van der Waals surface area contributed by atoms with Gasteiger partial charge in [0.05, 0.1) is 0 Å². The Kier molecular flexibility index (Phi) is 6.18.